The highest BCUT2D eigenvalue weighted by molar-refractivity contribution is 5.30. The van der Waals surface area contributed by atoms with E-state index in [1.807, 2.05) is 0 Å². The number of nitrogens with zero attached hydrogens (tertiary/aromatic N) is 4. The number of aromatic nitrogens is 4. The quantitative estimate of drug-likeness (QED) is 0.877. The molecule has 0 aromatic carbocycles. The summed E-state index contributed by atoms with van der Waals surface area (Å²) in [5, 5.41) is 15.5. The van der Waals surface area contributed by atoms with E-state index in [0.29, 0.717) is 6.54 Å². The SMILES string of the molecule is Cc1cc(C(F)(F)F)nc(NCc2cnn(CCO)c2)n1. The number of alkyl halides is 3. The highest BCUT2D eigenvalue weighted by atomic mass is 19.4. The largest absolute Gasteiger partial charge is 0.433 e. The molecule has 0 fully saturated rings. The molecule has 114 valence electrons. The average molecular weight is 301 g/mol. The zero-order valence-corrected chi connectivity index (χ0v) is 11.2. The standard InChI is InChI=1S/C12H14F3N5O/c1-8-4-10(12(13,14)15)19-11(18-8)16-5-9-6-17-20(7-9)2-3-21/h4,6-7,21H,2-3,5H2,1H3,(H,16,18,19). The van der Waals surface area contributed by atoms with Crippen molar-refractivity contribution in [2.24, 2.45) is 0 Å². The van der Waals surface area contributed by atoms with Crippen molar-refractivity contribution in [3.63, 3.8) is 0 Å². The van der Waals surface area contributed by atoms with E-state index in [2.05, 4.69) is 20.4 Å². The Bertz CT molecular complexity index is 611. The predicted octanol–water partition coefficient (Wildman–Crippen LogP) is 1.60. The molecule has 0 unspecified atom stereocenters. The number of hydrogen-bond acceptors (Lipinski definition) is 5. The van der Waals surface area contributed by atoms with Crippen LogP contribution in [0.2, 0.25) is 0 Å². The summed E-state index contributed by atoms with van der Waals surface area (Å²) in [6.07, 6.45) is -1.26. The van der Waals surface area contributed by atoms with Gasteiger partial charge in [0.05, 0.1) is 19.3 Å². The zero-order chi connectivity index (χ0) is 15.5. The second-order valence-electron chi connectivity index (χ2n) is 4.40. The third-order valence-corrected chi connectivity index (χ3v) is 2.61. The van der Waals surface area contributed by atoms with Crippen molar-refractivity contribution in [3.8, 4) is 0 Å². The van der Waals surface area contributed by atoms with Crippen molar-refractivity contribution < 1.29 is 18.3 Å². The van der Waals surface area contributed by atoms with Crippen LogP contribution in [0.5, 0.6) is 0 Å². The third kappa shape index (κ3) is 4.15. The van der Waals surface area contributed by atoms with E-state index in [1.165, 1.54) is 11.6 Å². The molecule has 0 spiro atoms. The van der Waals surface area contributed by atoms with Crippen LogP contribution >= 0.6 is 0 Å². The highest BCUT2D eigenvalue weighted by Crippen LogP contribution is 2.28. The van der Waals surface area contributed by atoms with Crippen molar-refractivity contribution in [1.82, 2.24) is 19.7 Å². The number of aryl methyl sites for hydroxylation is 1. The van der Waals surface area contributed by atoms with Crippen LogP contribution in [0.4, 0.5) is 19.1 Å². The fraction of sp³-hybridized carbons (Fsp3) is 0.417. The van der Waals surface area contributed by atoms with Crippen LogP contribution in [0.1, 0.15) is 17.0 Å². The van der Waals surface area contributed by atoms with Gasteiger partial charge in [-0.3, -0.25) is 4.68 Å². The molecule has 21 heavy (non-hydrogen) atoms. The molecule has 9 heteroatoms. The Hall–Kier alpha value is -2.16. The second-order valence-corrected chi connectivity index (χ2v) is 4.40. The number of aliphatic hydroxyl groups is 1. The second kappa shape index (κ2) is 6.08. The third-order valence-electron chi connectivity index (χ3n) is 2.61. The van der Waals surface area contributed by atoms with Gasteiger partial charge in [-0.2, -0.15) is 18.3 Å². The zero-order valence-electron chi connectivity index (χ0n) is 11.2. The van der Waals surface area contributed by atoms with Crippen LogP contribution in [0, 0.1) is 6.92 Å². The maximum absolute atomic E-state index is 12.6. The number of aliphatic hydroxyl groups excluding tert-OH is 1. The average Bonchev–Trinajstić information content (AvgIpc) is 2.83. The summed E-state index contributed by atoms with van der Waals surface area (Å²) in [4.78, 5) is 7.36. The lowest BCUT2D eigenvalue weighted by Gasteiger charge is -2.09. The smallest absolute Gasteiger partial charge is 0.394 e. The van der Waals surface area contributed by atoms with Gasteiger partial charge in [0.1, 0.15) is 5.69 Å². The lowest BCUT2D eigenvalue weighted by Crippen LogP contribution is -2.12. The number of nitrogens with one attached hydrogen (secondary N) is 1. The normalized spacial score (nSPS) is 11.7. The molecule has 2 aromatic rings. The molecule has 0 aliphatic rings. The molecule has 0 atom stereocenters. The Kier molecular flexibility index (Phi) is 4.41. The summed E-state index contributed by atoms with van der Waals surface area (Å²) < 4.78 is 39.5. The molecule has 0 amide bonds. The Morgan fingerprint density at radius 1 is 1.33 bits per heavy atom. The van der Waals surface area contributed by atoms with E-state index in [1.54, 1.807) is 12.4 Å². The summed E-state index contributed by atoms with van der Waals surface area (Å²) in [5.74, 6) is -0.0859. The van der Waals surface area contributed by atoms with Gasteiger partial charge in [0.25, 0.3) is 0 Å². The summed E-state index contributed by atoms with van der Waals surface area (Å²) >= 11 is 0. The van der Waals surface area contributed by atoms with Gasteiger partial charge in [0, 0.05) is 24.0 Å². The van der Waals surface area contributed by atoms with Crippen molar-refractivity contribution in [2.75, 3.05) is 11.9 Å². The molecule has 0 aliphatic carbocycles. The molecule has 2 N–H and O–H groups in total. The van der Waals surface area contributed by atoms with E-state index >= 15 is 0 Å². The minimum Gasteiger partial charge on any atom is -0.394 e. The molecule has 0 aliphatic heterocycles. The van der Waals surface area contributed by atoms with E-state index < -0.39 is 11.9 Å². The van der Waals surface area contributed by atoms with Crippen molar-refractivity contribution in [3.05, 3.63) is 35.4 Å². The fourth-order valence-electron chi connectivity index (χ4n) is 1.70. The molecule has 0 saturated carbocycles. The minimum absolute atomic E-state index is 0.0372. The maximum atomic E-state index is 12.6. The molecular formula is C12H14F3N5O. The van der Waals surface area contributed by atoms with Crippen LogP contribution in [0.3, 0.4) is 0 Å². The Morgan fingerprint density at radius 3 is 2.76 bits per heavy atom. The van der Waals surface area contributed by atoms with Gasteiger partial charge < -0.3 is 10.4 Å². The summed E-state index contributed by atoms with van der Waals surface area (Å²) in [6, 6.07) is 0.893. The van der Waals surface area contributed by atoms with Crippen molar-refractivity contribution >= 4 is 5.95 Å². The first kappa shape index (κ1) is 15.2. The van der Waals surface area contributed by atoms with Crippen LogP contribution in [0.25, 0.3) is 0 Å². The van der Waals surface area contributed by atoms with Crippen molar-refractivity contribution in [1.29, 1.82) is 0 Å². The maximum Gasteiger partial charge on any atom is 0.433 e. The molecular weight excluding hydrogens is 287 g/mol. The number of rotatable bonds is 5. The van der Waals surface area contributed by atoms with Gasteiger partial charge in [-0.25, -0.2) is 9.97 Å². The van der Waals surface area contributed by atoms with Gasteiger partial charge in [0.15, 0.2) is 0 Å². The molecule has 2 heterocycles. The molecule has 2 rings (SSSR count). The van der Waals surface area contributed by atoms with E-state index in [4.69, 9.17) is 5.11 Å². The fourth-order valence-corrected chi connectivity index (χ4v) is 1.70. The molecule has 0 saturated heterocycles. The highest BCUT2D eigenvalue weighted by Gasteiger charge is 2.33. The molecule has 2 aromatic heterocycles. The summed E-state index contributed by atoms with van der Waals surface area (Å²) in [5.41, 5.74) is 0.00592. The topological polar surface area (TPSA) is 75.9 Å². The van der Waals surface area contributed by atoms with Gasteiger partial charge in [0.2, 0.25) is 5.95 Å². The van der Waals surface area contributed by atoms with E-state index in [-0.39, 0.29) is 24.8 Å². The van der Waals surface area contributed by atoms with Crippen LogP contribution < -0.4 is 5.32 Å². The predicted molar refractivity (Wildman–Crippen MR) is 68.4 cm³/mol. The summed E-state index contributed by atoms with van der Waals surface area (Å²) in [7, 11) is 0. The molecule has 0 radical (unpaired) electrons. The number of hydrogen-bond donors (Lipinski definition) is 2. The lowest BCUT2D eigenvalue weighted by atomic mass is 10.3. The van der Waals surface area contributed by atoms with Crippen LogP contribution in [-0.4, -0.2) is 31.5 Å². The van der Waals surface area contributed by atoms with Gasteiger partial charge in [-0.1, -0.05) is 0 Å². The van der Waals surface area contributed by atoms with Crippen LogP contribution in [0.15, 0.2) is 18.5 Å². The number of anilines is 1. The Balaban J connectivity index is 2.07. The number of halogens is 3. The monoisotopic (exact) mass is 301 g/mol. The van der Waals surface area contributed by atoms with Crippen molar-refractivity contribution in [2.45, 2.75) is 26.2 Å². The Labute approximate surface area is 118 Å². The van der Waals surface area contributed by atoms with Gasteiger partial charge >= 0.3 is 6.18 Å². The molecule has 6 nitrogen and oxygen atoms in total. The first-order chi connectivity index (χ1) is 9.88. The van der Waals surface area contributed by atoms with E-state index in [9.17, 15) is 13.2 Å². The Morgan fingerprint density at radius 2 is 2.10 bits per heavy atom. The van der Waals surface area contributed by atoms with Crippen LogP contribution in [-0.2, 0) is 19.3 Å². The first-order valence-corrected chi connectivity index (χ1v) is 6.17. The lowest BCUT2D eigenvalue weighted by molar-refractivity contribution is -0.141. The first-order valence-electron chi connectivity index (χ1n) is 6.17. The van der Waals surface area contributed by atoms with Gasteiger partial charge in [-0.05, 0) is 13.0 Å². The molecule has 0 bridgehead atoms. The summed E-state index contributed by atoms with van der Waals surface area (Å²) in [6.45, 7) is 2.04. The minimum atomic E-state index is -4.50. The van der Waals surface area contributed by atoms with Gasteiger partial charge in [-0.15, -0.1) is 0 Å². The van der Waals surface area contributed by atoms with E-state index in [0.717, 1.165) is 11.6 Å².